The van der Waals surface area contributed by atoms with E-state index in [9.17, 15) is 4.79 Å². The lowest BCUT2D eigenvalue weighted by Crippen LogP contribution is -1.93. The lowest BCUT2D eigenvalue weighted by atomic mass is 10.0. The van der Waals surface area contributed by atoms with Gasteiger partial charge in [-0.3, -0.25) is 4.79 Å². The maximum Gasteiger partial charge on any atom is 0.161 e. The number of aryl methyl sites for hydroxylation is 2. The Labute approximate surface area is 143 Å². The fourth-order valence-electron chi connectivity index (χ4n) is 2.94. The maximum atomic E-state index is 12.1. The number of ketones is 1. The van der Waals surface area contributed by atoms with Crippen molar-refractivity contribution in [2.24, 2.45) is 0 Å². The van der Waals surface area contributed by atoms with Gasteiger partial charge in [-0.2, -0.15) is 0 Å². The summed E-state index contributed by atoms with van der Waals surface area (Å²) in [7, 11) is 0. The van der Waals surface area contributed by atoms with Crippen LogP contribution in [0.15, 0.2) is 54.6 Å². The van der Waals surface area contributed by atoms with E-state index in [1.165, 1.54) is 11.1 Å². The molecule has 0 saturated carbocycles. The van der Waals surface area contributed by atoms with E-state index in [0.717, 1.165) is 40.9 Å². The molecule has 0 aliphatic heterocycles. The van der Waals surface area contributed by atoms with Gasteiger partial charge in [-0.05, 0) is 48.1 Å². The second kappa shape index (κ2) is 6.88. The molecule has 2 aromatic carbocycles. The normalized spacial score (nSPS) is 10.8. The molecule has 24 heavy (non-hydrogen) atoms. The van der Waals surface area contributed by atoms with E-state index in [1.807, 2.05) is 6.07 Å². The Bertz CT molecular complexity index is 839. The van der Waals surface area contributed by atoms with Gasteiger partial charge in [0.2, 0.25) is 0 Å². The number of benzene rings is 2. The summed E-state index contributed by atoms with van der Waals surface area (Å²) in [5.74, 6) is 0.0808. The molecule has 0 aliphatic carbocycles. The van der Waals surface area contributed by atoms with Gasteiger partial charge in [-0.1, -0.05) is 62.4 Å². The largest absolute Gasteiger partial charge is 0.354 e. The van der Waals surface area contributed by atoms with E-state index in [0.29, 0.717) is 0 Å². The van der Waals surface area contributed by atoms with E-state index in [2.05, 4.69) is 67.4 Å². The molecule has 0 amide bonds. The minimum absolute atomic E-state index is 0.0808. The quantitative estimate of drug-likeness (QED) is 0.604. The fraction of sp³-hybridized carbons (Fsp3) is 0.227. The summed E-state index contributed by atoms with van der Waals surface area (Å²) in [6.07, 6.45) is 2.04. The van der Waals surface area contributed by atoms with Crippen LogP contribution in [0.4, 0.5) is 0 Å². The lowest BCUT2D eigenvalue weighted by Gasteiger charge is -2.04. The van der Waals surface area contributed by atoms with Gasteiger partial charge in [0.05, 0.1) is 5.69 Å². The molecule has 0 atom stereocenters. The van der Waals surface area contributed by atoms with Crippen molar-refractivity contribution in [2.75, 3.05) is 0 Å². The molecule has 122 valence electrons. The first-order valence-electron chi connectivity index (χ1n) is 8.55. The predicted molar refractivity (Wildman–Crippen MR) is 100 cm³/mol. The van der Waals surface area contributed by atoms with Crippen molar-refractivity contribution < 1.29 is 4.79 Å². The fourth-order valence-corrected chi connectivity index (χ4v) is 2.94. The van der Waals surface area contributed by atoms with E-state index in [1.54, 1.807) is 6.92 Å². The molecule has 0 aliphatic rings. The smallest absolute Gasteiger partial charge is 0.161 e. The van der Waals surface area contributed by atoms with Gasteiger partial charge in [0.25, 0.3) is 0 Å². The third kappa shape index (κ3) is 3.18. The highest BCUT2D eigenvalue weighted by molar-refractivity contribution is 6.01. The van der Waals surface area contributed by atoms with Crippen LogP contribution in [-0.2, 0) is 12.8 Å². The molecule has 1 aromatic heterocycles. The summed E-state index contributed by atoms with van der Waals surface area (Å²) in [5, 5.41) is 0. The molecule has 2 heteroatoms. The minimum Gasteiger partial charge on any atom is -0.354 e. The summed E-state index contributed by atoms with van der Waals surface area (Å²) >= 11 is 0. The van der Waals surface area contributed by atoms with E-state index in [-0.39, 0.29) is 5.78 Å². The van der Waals surface area contributed by atoms with Crippen molar-refractivity contribution in [3.05, 3.63) is 71.3 Å². The summed E-state index contributed by atoms with van der Waals surface area (Å²) in [6.45, 7) is 5.91. The highest BCUT2D eigenvalue weighted by atomic mass is 16.1. The van der Waals surface area contributed by atoms with E-state index < -0.39 is 0 Å². The predicted octanol–water partition coefficient (Wildman–Crippen LogP) is 5.68. The van der Waals surface area contributed by atoms with Crippen LogP contribution in [0.1, 0.15) is 42.3 Å². The Hall–Kier alpha value is -2.61. The number of hydrogen-bond donors (Lipinski definition) is 1. The minimum atomic E-state index is 0.0808. The Kier molecular flexibility index (Phi) is 4.66. The van der Waals surface area contributed by atoms with Crippen LogP contribution in [0.3, 0.4) is 0 Å². The average Bonchev–Trinajstić information content (AvgIpc) is 3.07. The molecule has 0 bridgehead atoms. The van der Waals surface area contributed by atoms with Crippen LogP contribution in [0.5, 0.6) is 0 Å². The third-order valence-corrected chi connectivity index (χ3v) is 4.52. The van der Waals surface area contributed by atoms with Gasteiger partial charge in [0, 0.05) is 11.3 Å². The second-order valence-electron chi connectivity index (χ2n) is 6.13. The molecule has 0 unspecified atom stereocenters. The number of carbonyl (C=O) groups excluding carboxylic acids is 1. The molecule has 0 fully saturated rings. The van der Waals surface area contributed by atoms with Crippen molar-refractivity contribution >= 4 is 5.78 Å². The van der Waals surface area contributed by atoms with Crippen LogP contribution in [0.2, 0.25) is 0 Å². The zero-order chi connectivity index (χ0) is 17.1. The number of aromatic nitrogens is 1. The van der Waals surface area contributed by atoms with Crippen molar-refractivity contribution in [1.82, 2.24) is 4.98 Å². The number of nitrogens with one attached hydrogen (secondary N) is 1. The Morgan fingerprint density at radius 3 is 1.79 bits per heavy atom. The SMILES string of the molecule is CCc1ccc(-c2cc(C(C)=O)c(-c3ccc(CC)cc3)[nH]2)cc1. The summed E-state index contributed by atoms with van der Waals surface area (Å²) in [6, 6.07) is 18.9. The number of carbonyl (C=O) groups is 1. The van der Waals surface area contributed by atoms with Gasteiger partial charge in [0.1, 0.15) is 0 Å². The molecular weight excluding hydrogens is 294 g/mol. The average molecular weight is 317 g/mol. The highest BCUT2D eigenvalue weighted by Crippen LogP contribution is 2.30. The molecule has 1 heterocycles. The first-order chi connectivity index (χ1) is 11.6. The molecule has 1 N–H and O–H groups in total. The highest BCUT2D eigenvalue weighted by Gasteiger charge is 2.14. The number of rotatable bonds is 5. The zero-order valence-electron chi connectivity index (χ0n) is 14.5. The van der Waals surface area contributed by atoms with E-state index >= 15 is 0 Å². The Morgan fingerprint density at radius 2 is 1.33 bits per heavy atom. The van der Waals surface area contributed by atoms with Crippen LogP contribution < -0.4 is 0 Å². The first kappa shape index (κ1) is 16.3. The van der Waals surface area contributed by atoms with Gasteiger partial charge in [-0.25, -0.2) is 0 Å². The number of aromatic amines is 1. The van der Waals surface area contributed by atoms with Crippen LogP contribution in [-0.4, -0.2) is 10.8 Å². The van der Waals surface area contributed by atoms with Gasteiger partial charge in [-0.15, -0.1) is 0 Å². The maximum absolute atomic E-state index is 12.1. The monoisotopic (exact) mass is 317 g/mol. The van der Waals surface area contributed by atoms with Gasteiger partial charge in [0.15, 0.2) is 5.78 Å². The van der Waals surface area contributed by atoms with Crippen LogP contribution in [0.25, 0.3) is 22.5 Å². The molecular formula is C22H23NO. The Morgan fingerprint density at radius 1 is 0.833 bits per heavy atom. The summed E-state index contributed by atoms with van der Waals surface area (Å²) in [5.41, 5.74) is 7.39. The lowest BCUT2D eigenvalue weighted by molar-refractivity contribution is 0.101. The molecule has 0 radical (unpaired) electrons. The standard InChI is InChI=1S/C22H23NO/c1-4-16-6-10-18(11-7-16)21-14-20(15(3)24)22(23-21)19-12-8-17(5-2)9-13-19/h6-14,23H,4-5H2,1-3H3. The van der Waals surface area contributed by atoms with Crippen molar-refractivity contribution in [3.8, 4) is 22.5 Å². The molecule has 0 spiro atoms. The topological polar surface area (TPSA) is 32.9 Å². The molecule has 0 saturated heterocycles. The van der Waals surface area contributed by atoms with Crippen molar-refractivity contribution in [1.29, 1.82) is 0 Å². The Balaban J connectivity index is 2.05. The molecule has 3 rings (SSSR count). The van der Waals surface area contributed by atoms with Crippen LogP contribution >= 0.6 is 0 Å². The van der Waals surface area contributed by atoms with Gasteiger partial charge < -0.3 is 4.98 Å². The van der Waals surface area contributed by atoms with Crippen molar-refractivity contribution in [3.63, 3.8) is 0 Å². The van der Waals surface area contributed by atoms with E-state index in [4.69, 9.17) is 0 Å². The summed E-state index contributed by atoms with van der Waals surface area (Å²) < 4.78 is 0. The number of Topliss-reactive ketones (excluding diaryl/α,β-unsaturated/α-hetero) is 1. The molecule has 3 aromatic rings. The second-order valence-corrected chi connectivity index (χ2v) is 6.13. The van der Waals surface area contributed by atoms with Crippen LogP contribution in [0, 0.1) is 0 Å². The molecule has 2 nitrogen and oxygen atoms in total. The summed E-state index contributed by atoms with van der Waals surface area (Å²) in [4.78, 5) is 15.5. The van der Waals surface area contributed by atoms with Crippen molar-refractivity contribution in [2.45, 2.75) is 33.6 Å². The van der Waals surface area contributed by atoms with Gasteiger partial charge >= 0.3 is 0 Å². The first-order valence-corrected chi connectivity index (χ1v) is 8.55. The third-order valence-electron chi connectivity index (χ3n) is 4.52. The number of hydrogen-bond acceptors (Lipinski definition) is 1. The number of H-pyrrole nitrogens is 1. The zero-order valence-corrected chi connectivity index (χ0v) is 14.5.